The maximum absolute atomic E-state index is 12.3. The summed E-state index contributed by atoms with van der Waals surface area (Å²) in [5.74, 6) is 0.167. The Hall–Kier alpha value is -1.87. The first-order valence-corrected chi connectivity index (χ1v) is 7.27. The SMILES string of the molecule is NC1CCCC(C(=O)Nc2ccc3ccccc3c2)C1. The molecule has 20 heavy (non-hydrogen) atoms. The third-order valence-corrected chi connectivity index (χ3v) is 4.10. The number of benzene rings is 2. The average Bonchev–Trinajstić information content (AvgIpc) is 2.47. The highest BCUT2D eigenvalue weighted by atomic mass is 16.1. The highest BCUT2D eigenvalue weighted by Gasteiger charge is 2.25. The summed E-state index contributed by atoms with van der Waals surface area (Å²) in [5.41, 5.74) is 6.82. The molecule has 0 aliphatic heterocycles. The zero-order valence-electron chi connectivity index (χ0n) is 11.5. The molecule has 3 rings (SSSR count). The Balaban J connectivity index is 1.73. The molecule has 1 aliphatic rings. The lowest BCUT2D eigenvalue weighted by Crippen LogP contribution is -2.34. The first kappa shape index (κ1) is 13.1. The summed E-state index contributed by atoms with van der Waals surface area (Å²) >= 11 is 0. The molecule has 0 saturated heterocycles. The Kier molecular flexibility index (Phi) is 3.70. The molecular weight excluding hydrogens is 248 g/mol. The van der Waals surface area contributed by atoms with Gasteiger partial charge in [-0.05, 0) is 42.2 Å². The van der Waals surface area contributed by atoms with E-state index in [1.54, 1.807) is 0 Å². The second-order valence-corrected chi connectivity index (χ2v) is 5.67. The van der Waals surface area contributed by atoms with Crippen LogP contribution in [0.15, 0.2) is 42.5 Å². The van der Waals surface area contributed by atoms with Crippen LogP contribution in [-0.2, 0) is 4.79 Å². The van der Waals surface area contributed by atoms with E-state index in [0.717, 1.165) is 36.8 Å². The maximum Gasteiger partial charge on any atom is 0.227 e. The molecule has 2 aromatic carbocycles. The van der Waals surface area contributed by atoms with Gasteiger partial charge in [-0.1, -0.05) is 36.8 Å². The van der Waals surface area contributed by atoms with Crippen LogP contribution < -0.4 is 11.1 Å². The number of anilines is 1. The third-order valence-electron chi connectivity index (χ3n) is 4.10. The number of hydrogen-bond acceptors (Lipinski definition) is 2. The number of fused-ring (bicyclic) bond motifs is 1. The summed E-state index contributed by atoms with van der Waals surface area (Å²) in [7, 11) is 0. The van der Waals surface area contributed by atoms with E-state index in [0.29, 0.717) is 0 Å². The van der Waals surface area contributed by atoms with Crippen molar-refractivity contribution in [1.29, 1.82) is 0 Å². The first-order chi connectivity index (χ1) is 9.72. The van der Waals surface area contributed by atoms with Crippen molar-refractivity contribution in [3.8, 4) is 0 Å². The van der Waals surface area contributed by atoms with Crippen LogP contribution in [0, 0.1) is 5.92 Å². The molecule has 104 valence electrons. The molecule has 2 atom stereocenters. The van der Waals surface area contributed by atoms with Gasteiger partial charge in [0.1, 0.15) is 0 Å². The van der Waals surface area contributed by atoms with Crippen molar-refractivity contribution in [1.82, 2.24) is 0 Å². The molecule has 1 fully saturated rings. The molecule has 3 nitrogen and oxygen atoms in total. The summed E-state index contributed by atoms with van der Waals surface area (Å²) in [4.78, 5) is 12.3. The predicted molar refractivity (Wildman–Crippen MR) is 82.5 cm³/mol. The van der Waals surface area contributed by atoms with E-state index in [4.69, 9.17) is 5.73 Å². The second-order valence-electron chi connectivity index (χ2n) is 5.67. The number of carbonyl (C=O) groups excluding carboxylic acids is 1. The number of amides is 1. The fraction of sp³-hybridized carbons (Fsp3) is 0.353. The van der Waals surface area contributed by atoms with E-state index in [9.17, 15) is 4.79 Å². The highest BCUT2D eigenvalue weighted by Crippen LogP contribution is 2.25. The summed E-state index contributed by atoms with van der Waals surface area (Å²) in [6.45, 7) is 0. The van der Waals surface area contributed by atoms with Crippen LogP contribution in [0.25, 0.3) is 10.8 Å². The molecule has 0 heterocycles. The molecule has 0 spiro atoms. The van der Waals surface area contributed by atoms with Gasteiger partial charge >= 0.3 is 0 Å². The normalized spacial score (nSPS) is 22.6. The lowest BCUT2D eigenvalue weighted by atomic mass is 9.85. The van der Waals surface area contributed by atoms with Crippen molar-refractivity contribution in [3.05, 3.63) is 42.5 Å². The zero-order chi connectivity index (χ0) is 13.9. The van der Waals surface area contributed by atoms with Gasteiger partial charge in [0.05, 0.1) is 0 Å². The number of rotatable bonds is 2. The molecule has 1 amide bonds. The van der Waals surface area contributed by atoms with Crippen LogP contribution in [-0.4, -0.2) is 11.9 Å². The van der Waals surface area contributed by atoms with Gasteiger partial charge in [-0.2, -0.15) is 0 Å². The Morgan fingerprint density at radius 1 is 1.10 bits per heavy atom. The minimum atomic E-state index is 0.0604. The Labute approximate surface area is 119 Å². The van der Waals surface area contributed by atoms with Gasteiger partial charge in [-0.25, -0.2) is 0 Å². The fourth-order valence-electron chi connectivity index (χ4n) is 2.98. The highest BCUT2D eigenvalue weighted by molar-refractivity contribution is 5.95. The summed E-state index contributed by atoms with van der Waals surface area (Å²) < 4.78 is 0. The Morgan fingerprint density at radius 2 is 1.90 bits per heavy atom. The molecule has 1 aliphatic carbocycles. The van der Waals surface area contributed by atoms with Gasteiger partial charge in [0, 0.05) is 17.6 Å². The van der Waals surface area contributed by atoms with E-state index in [1.807, 2.05) is 30.3 Å². The minimum absolute atomic E-state index is 0.0604. The number of carbonyl (C=O) groups is 1. The van der Waals surface area contributed by atoms with E-state index < -0.39 is 0 Å². The van der Waals surface area contributed by atoms with Crippen LogP contribution in [0.4, 0.5) is 5.69 Å². The average molecular weight is 268 g/mol. The van der Waals surface area contributed by atoms with Crippen LogP contribution in [0.2, 0.25) is 0 Å². The Morgan fingerprint density at radius 3 is 2.70 bits per heavy atom. The third kappa shape index (κ3) is 2.83. The predicted octanol–water partition coefficient (Wildman–Crippen LogP) is 3.30. The number of nitrogens with two attached hydrogens (primary N) is 1. The molecule has 2 unspecified atom stereocenters. The van der Waals surface area contributed by atoms with Gasteiger partial charge in [-0.15, -0.1) is 0 Å². The topological polar surface area (TPSA) is 55.1 Å². The summed E-state index contributed by atoms with van der Waals surface area (Å²) in [6, 6.07) is 14.4. The van der Waals surface area contributed by atoms with E-state index >= 15 is 0 Å². The second kappa shape index (κ2) is 5.63. The van der Waals surface area contributed by atoms with Gasteiger partial charge in [0.25, 0.3) is 0 Å². The Bertz CT molecular complexity index is 623. The van der Waals surface area contributed by atoms with Gasteiger partial charge in [0.2, 0.25) is 5.91 Å². The molecule has 0 bridgehead atoms. The molecular formula is C17H20N2O. The maximum atomic E-state index is 12.3. The molecule has 2 aromatic rings. The molecule has 0 aromatic heterocycles. The van der Waals surface area contributed by atoms with Crippen LogP contribution in [0.1, 0.15) is 25.7 Å². The van der Waals surface area contributed by atoms with Gasteiger partial charge < -0.3 is 11.1 Å². The lowest BCUT2D eigenvalue weighted by Gasteiger charge is -2.25. The van der Waals surface area contributed by atoms with Crippen molar-refractivity contribution in [2.24, 2.45) is 11.7 Å². The monoisotopic (exact) mass is 268 g/mol. The van der Waals surface area contributed by atoms with Crippen molar-refractivity contribution < 1.29 is 4.79 Å². The lowest BCUT2D eigenvalue weighted by molar-refractivity contribution is -0.120. The van der Waals surface area contributed by atoms with E-state index in [1.165, 1.54) is 5.39 Å². The fourth-order valence-corrected chi connectivity index (χ4v) is 2.98. The first-order valence-electron chi connectivity index (χ1n) is 7.27. The minimum Gasteiger partial charge on any atom is -0.328 e. The standard InChI is InChI=1S/C17H20N2O/c18-15-7-3-6-14(10-15)17(20)19-16-9-8-12-4-1-2-5-13(12)11-16/h1-2,4-5,8-9,11,14-15H,3,6-7,10,18H2,(H,19,20). The van der Waals surface area contributed by atoms with E-state index in [-0.39, 0.29) is 17.9 Å². The van der Waals surface area contributed by atoms with Crippen molar-refractivity contribution in [2.45, 2.75) is 31.7 Å². The zero-order valence-corrected chi connectivity index (χ0v) is 11.5. The van der Waals surface area contributed by atoms with Crippen molar-refractivity contribution >= 4 is 22.4 Å². The van der Waals surface area contributed by atoms with Gasteiger partial charge in [0.15, 0.2) is 0 Å². The largest absolute Gasteiger partial charge is 0.328 e. The summed E-state index contributed by atoms with van der Waals surface area (Å²) in [6.07, 6.45) is 3.85. The van der Waals surface area contributed by atoms with Gasteiger partial charge in [-0.3, -0.25) is 4.79 Å². The van der Waals surface area contributed by atoms with Crippen LogP contribution >= 0.6 is 0 Å². The van der Waals surface area contributed by atoms with Crippen LogP contribution in [0.3, 0.4) is 0 Å². The summed E-state index contributed by atoms with van der Waals surface area (Å²) in [5, 5.41) is 5.36. The molecule has 0 radical (unpaired) electrons. The van der Waals surface area contributed by atoms with Crippen molar-refractivity contribution in [2.75, 3.05) is 5.32 Å². The number of nitrogens with one attached hydrogen (secondary N) is 1. The molecule has 3 heteroatoms. The smallest absolute Gasteiger partial charge is 0.227 e. The molecule has 3 N–H and O–H groups in total. The van der Waals surface area contributed by atoms with Crippen molar-refractivity contribution in [3.63, 3.8) is 0 Å². The quantitative estimate of drug-likeness (QED) is 0.878. The molecule has 1 saturated carbocycles. The van der Waals surface area contributed by atoms with E-state index in [2.05, 4.69) is 17.4 Å². The number of hydrogen-bond donors (Lipinski definition) is 2. The van der Waals surface area contributed by atoms with Crippen LogP contribution in [0.5, 0.6) is 0 Å².